The maximum atomic E-state index is 12.7. The molecule has 4 bridgehead atoms. The molecule has 2 aromatic rings. The number of hydrogen-bond acceptors (Lipinski definition) is 3. The molecular weight excluding hydrogens is 352 g/mol. The van der Waals surface area contributed by atoms with E-state index >= 15 is 0 Å². The van der Waals surface area contributed by atoms with Gasteiger partial charge in [0.15, 0.2) is 5.13 Å². The molecule has 4 saturated carbocycles. The zero-order chi connectivity index (χ0) is 17.2. The van der Waals surface area contributed by atoms with Crippen molar-refractivity contribution >= 4 is 44.2 Å². The number of carbonyl (C=O) groups is 1. The maximum absolute atomic E-state index is 12.7. The second kappa shape index (κ2) is 5.68. The quantitative estimate of drug-likeness (QED) is 0.737. The summed E-state index contributed by atoms with van der Waals surface area (Å²) >= 11 is 7.72. The maximum Gasteiger partial charge on any atom is 0.226 e. The highest BCUT2D eigenvalue weighted by Crippen LogP contribution is 2.61. The van der Waals surface area contributed by atoms with E-state index in [1.165, 1.54) is 49.9 Å². The summed E-state index contributed by atoms with van der Waals surface area (Å²) < 4.78 is 1.08. The minimum atomic E-state index is 0.142. The van der Waals surface area contributed by atoms with E-state index in [0.717, 1.165) is 38.6 Å². The average molecular weight is 375 g/mol. The standard InChI is InChI=1S/C20H23ClN2OS/c1-11-2-17-16(6-15(11)21)22-19(25-17)23-18(24)10-20-7-12-3-13(8-20)5-14(4-12)9-20/h2,6,12-14H,3-5,7-10H2,1H3,(H,22,23,24). The molecule has 1 aromatic heterocycles. The number of anilines is 1. The van der Waals surface area contributed by atoms with Crippen LogP contribution < -0.4 is 5.32 Å². The van der Waals surface area contributed by atoms with E-state index in [1.54, 1.807) is 0 Å². The number of aryl methyl sites for hydroxylation is 1. The second-order valence-electron chi connectivity index (χ2n) is 8.73. The van der Waals surface area contributed by atoms with E-state index in [0.29, 0.717) is 11.6 Å². The molecule has 0 saturated heterocycles. The van der Waals surface area contributed by atoms with E-state index in [-0.39, 0.29) is 11.3 Å². The highest BCUT2D eigenvalue weighted by atomic mass is 35.5. The summed E-state index contributed by atoms with van der Waals surface area (Å²) in [6, 6.07) is 3.93. The molecule has 6 rings (SSSR count). The van der Waals surface area contributed by atoms with Gasteiger partial charge in [-0.3, -0.25) is 4.79 Å². The van der Waals surface area contributed by atoms with Crippen molar-refractivity contribution in [3.63, 3.8) is 0 Å². The van der Waals surface area contributed by atoms with Crippen molar-refractivity contribution < 1.29 is 4.79 Å². The lowest BCUT2D eigenvalue weighted by molar-refractivity contribution is -0.124. The smallest absolute Gasteiger partial charge is 0.226 e. The highest BCUT2D eigenvalue weighted by Gasteiger charge is 2.51. The Morgan fingerprint density at radius 3 is 2.52 bits per heavy atom. The molecule has 5 heteroatoms. The lowest BCUT2D eigenvalue weighted by Gasteiger charge is -2.56. The third-order valence-electron chi connectivity index (χ3n) is 6.62. The molecule has 1 heterocycles. The Morgan fingerprint density at radius 1 is 1.24 bits per heavy atom. The van der Waals surface area contributed by atoms with Crippen LogP contribution in [0.4, 0.5) is 5.13 Å². The first kappa shape index (κ1) is 16.1. The molecule has 132 valence electrons. The van der Waals surface area contributed by atoms with E-state index in [9.17, 15) is 4.79 Å². The van der Waals surface area contributed by atoms with Crippen molar-refractivity contribution in [2.45, 2.75) is 51.9 Å². The third-order valence-corrected chi connectivity index (χ3v) is 7.96. The summed E-state index contributed by atoms with van der Waals surface area (Å²) in [5.74, 6) is 2.79. The lowest BCUT2D eigenvalue weighted by atomic mass is 9.49. The lowest BCUT2D eigenvalue weighted by Crippen LogP contribution is -2.47. The molecule has 25 heavy (non-hydrogen) atoms. The van der Waals surface area contributed by atoms with Gasteiger partial charge >= 0.3 is 0 Å². The number of thiazole rings is 1. The zero-order valence-electron chi connectivity index (χ0n) is 14.5. The van der Waals surface area contributed by atoms with Crippen LogP contribution in [0.25, 0.3) is 10.2 Å². The van der Waals surface area contributed by atoms with E-state index in [2.05, 4.69) is 10.3 Å². The van der Waals surface area contributed by atoms with E-state index in [1.807, 2.05) is 19.1 Å². The van der Waals surface area contributed by atoms with Crippen molar-refractivity contribution in [2.24, 2.45) is 23.2 Å². The molecule has 0 unspecified atom stereocenters. The first-order valence-corrected chi connectivity index (χ1v) is 10.5. The van der Waals surface area contributed by atoms with Crippen LogP contribution in [-0.2, 0) is 4.79 Å². The molecule has 0 aliphatic heterocycles. The average Bonchev–Trinajstić information content (AvgIpc) is 2.86. The molecule has 1 N–H and O–H groups in total. The SMILES string of the molecule is Cc1cc2sc(NC(=O)CC34CC5CC(CC(C5)C3)C4)nc2cc1Cl. The molecule has 0 atom stereocenters. The number of hydrogen-bond donors (Lipinski definition) is 1. The molecule has 0 spiro atoms. The predicted octanol–water partition coefficient (Wildman–Crippen LogP) is 5.80. The molecule has 4 fully saturated rings. The molecular formula is C20H23ClN2OS. The van der Waals surface area contributed by atoms with Crippen LogP contribution in [0.3, 0.4) is 0 Å². The van der Waals surface area contributed by atoms with Gasteiger partial charge in [-0.15, -0.1) is 0 Å². The van der Waals surface area contributed by atoms with Gasteiger partial charge in [0.2, 0.25) is 5.91 Å². The Hall–Kier alpha value is -1.13. The fourth-order valence-corrected chi connectivity index (χ4v) is 7.23. The van der Waals surface area contributed by atoms with Gasteiger partial charge < -0.3 is 5.32 Å². The first-order chi connectivity index (χ1) is 12.0. The Bertz CT molecular complexity index is 784. The number of benzene rings is 1. The number of amides is 1. The fourth-order valence-electron chi connectivity index (χ4n) is 6.11. The summed E-state index contributed by atoms with van der Waals surface area (Å²) in [7, 11) is 0. The van der Waals surface area contributed by atoms with Gasteiger partial charge in [-0.25, -0.2) is 4.98 Å². The van der Waals surface area contributed by atoms with Crippen LogP contribution in [-0.4, -0.2) is 10.9 Å². The monoisotopic (exact) mass is 374 g/mol. The number of rotatable bonds is 3. The molecule has 4 aliphatic rings. The van der Waals surface area contributed by atoms with Crippen LogP contribution in [0.15, 0.2) is 12.1 Å². The normalized spacial score (nSPS) is 33.1. The van der Waals surface area contributed by atoms with Crippen molar-refractivity contribution in [3.05, 3.63) is 22.7 Å². The summed E-state index contributed by atoms with van der Waals surface area (Å²) in [5, 5.41) is 4.50. The number of nitrogens with one attached hydrogen (secondary N) is 1. The molecule has 1 amide bonds. The van der Waals surface area contributed by atoms with Crippen LogP contribution in [0, 0.1) is 30.1 Å². The molecule has 3 nitrogen and oxygen atoms in total. The fraction of sp³-hybridized carbons (Fsp3) is 0.600. The Balaban J connectivity index is 1.32. The van der Waals surface area contributed by atoms with Crippen molar-refractivity contribution in [2.75, 3.05) is 5.32 Å². The van der Waals surface area contributed by atoms with Crippen LogP contribution >= 0.6 is 22.9 Å². The topological polar surface area (TPSA) is 42.0 Å². The largest absolute Gasteiger partial charge is 0.302 e. The van der Waals surface area contributed by atoms with E-state index < -0.39 is 0 Å². The second-order valence-corrected chi connectivity index (χ2v) is 10.2. The van der Waals surface area contributed by atoms with Crippen molar-refractivity contribution in [3.8, 4) is 0 Å². The van der Waals surface area contributed by atoms with E-state index in [4.69, 9.17) is 11.6 Å². The van der Waals surface area contributed by atoms with Gasteiger partial charge in [0.25, 0.3) is 0 Å². The highest BCUT2D eigenvalue weighted by molar-refractivity contribution is 7.22. The van der Waals surface area contributed by atoms with Crippen LogP contribution in [0.2, 0.25) is 5.02 Å². The summed E-state index contributed by atoms with van der Waals surface area (Å²) in [6.07, 6.45) is 8.71. The Kier molecular flexibility index (Phi) is 3.65. The van der Waals surface area contributed by atoms with Gasteiger partial charge in [0, 0.05) is 11.4 Å². The number of fused-ring (bicyclic) bond motifs is 1. The van der Waals surface area contributed by atoms with Gasteiger partial charge in [-0.05, 0) is 86.3 Å². The van der Waals surface area contributed by atoms with Gasteiger partial charge in [0.05, 0.1) is 10.2 Å². The van der Waals surface area contributed by atoms with Gasteiger partial charge in [0.1, 0.15) is 0 Å². The number of nitrogens with zero attached hydrogens (tertiary/aromatic N) is 1. The number of halogens is 1. The van der Waals surface area contributed by atoms with Crippen molar-refractivity contribution in [1.82, 2.24) is 4.98 Å². The zero-order valence-corrected chi connectivity index (χ0v) is 16.1. The first-order valence-electron chi connectivity index (χ1n) is 9.35. The van der Waals surface area contributed by atoms with Crippen molar-refractivity contribution in [1.29, 1.82) is 0 Å². The summed E-state index contributed by atoms with van der Waals surface area (Å²) in [6.45, 7) is 1.99. The Labute approximate surface area is 157 Å². The van der Waals surface area contributed by atoms with Gasteiger partial charge in [-0.1, -0.05) is 22.9 Å². The molecule has 4 aliphatic carbocycles. The van der Waals surface area contributed by atoms with Gasteiger partial charge in [-0.2, -0.15) is 0 Å². The molecule has 0 radical (unpaired) electrons. The Morgan fingerprint density at radius 2 is 1.88 bits per heavy atom. The molecule has 1 aromatic carbocycles. The minimum absolute atomic E-state index is 0.142. The summed E-state index contributed by atoms with van der Waals surface area (Å²) in [5.41, 5.74) is 2.19. The predicted molar refractivity (Wildman–Crippen MR) is 103 cm³/mol. The summed E-state index contributed by atoms with van der Waals surface area (Å²) in [4.78, 5) is 17.3. The number of aromatic nitrogens is 1. The van der Waals surface area contributed by atoms with Crippen LogP contribution in [0.5, 0.6) is 0 Å². The van der Waals surface area contributed by atoms with Crippen LogP contribution in [0.1, 0.15) is 50.5 Å². The number of carbonyl (C=O) groups excluding carboxylic acids is 1. The minimum Gasteiger partial charge on any atom is -0.302 e. The third kappa shape index (κ3) is 2.87.